The monoisotopic (exact) mass is 719 g/mol. The Balaban J connectivity index is 4.28. The number of carbonyl (C=O) groups excluding carboxylic acids is 2. The van der Waals surface area contributed by atoms with Crippen LogP contribution in [-0.2, 0) is 28.6 Å². The van der Waals surface area contributed by atoms with Crippen LogP contribution in [0, 0.1) is 0 Å². The molecule has 0 heterocycles. The number of unbranched alkanes of at least 4 members (excludes halogenated alkanes) is 13. The molecular formula is C43H76NO7+. The molecule has 0 rings (SSSR count). The molecule has 1 N–H and O–H groups in total. The molecular weight excluding hydrogens is 642 g/mol. The third-order valence-corrected chi connectivity index (χ3v) is 8.73. The third-order valence-electron chi connectivity index (χ3n) is 8.73. The summed E-state index contributed by atoms with van der Waals surface area (Å²) in [5.41, 5.74) is 0. The maximum atomic E-state index is 12.7. The number of carboxylic acids is 1. The van der Waals surface area contributed by atoms with Gasteiger partial charge in [0, 0.05) is 19.3 Å². The summed E-state index contributed by atoms with van der Waals surface area (Å²) in [5.74, 6) is -1.55. The SMILES string of the molecule is CC/C=C/C/C=C/C/C=C/CCCCCCCCCCCCC(=O)OC(COCCC(C(=O)O)[N+](C)(C)C)COC(=O)CC/C=C/CCCCC. The molecule has 8 heteroatoms. The van der Waals surface area contributed by atoms with Crippen LogP contribution in [-0.4, -0.2) is 80.6 Å². The molecule has 0 aliphatic rings. The van der Waals surface area contributed by atoms with Gasteiger partial charge in [-0.05, 0) is 57.8 Å². The van der Waals surface area contributed by atoms with E-state index in [1.165, 1.54) is 64.2 Å². The number of allylic oxidation sites excluding steroid dienone is 8. The zero-order chi connectivity index (χ0) is 37.8. The standard InChI is InChI=1S/C43H75NO7/c1-6-8-10-12-14-15-16-17-18-19-20-21-22-23-24-25-26-28-30-32-34-42(46)51-39(37-49-36-35-40(43(47)48)44(3,4)5)38-50-41(45)33-31-29-27-13-11-9-7-2/h8,10,14-15,17-18,27,29,39-40H,6-7,9,11-13,16,19-26,28,30-38H2,1-5H3/p+1/b10-8+,15-14+,18-17+,29-27+. The van der Waals surface area contributed by atoms with Crippen molar-refractivity contribution in [2.75, 3.05) is 41.0 Å². The molecule has 294 valence electrons. The molecule has 0 bridgehead atoms. The van der Waals surface area contributed by atoms with Gasteiger partial charge in [0.1, 0.15) is 6.61 Å². The first-order valence-corrected chi connectivity index (χ1v) is 20.2. The van der Waals surface area contributed by atoms with Crippen LogP contribution >= 0.6 is 0 Å². The van der Waals surface area contributed by atoms with E-state index in [0.717, 1.165) is 51.4 Å². The number of esters is 2. The van der Waals surface area contributed by atoms with Crippen LogP contribution < -0.4 is 0 Å². The normalized spacial score (nSPS) is 13.5. The number of carboxylic acid groups (broad SMARTS) is 1. The summed E-state index contributed by atoms with van der Waals surface area (Å²) >= 11 is 0. The zero-order valence-corrected chi connectivity index (χ0v) is 33.3. The molecule has 0 aromatic heterocycles. The molecule has 0 aromatic rings. The minimum Gasteiger partial charge on any atom is -0.477 e. The van der Waals surface area contributed by atoms with E-state index in [1.54, 1.807) is 0 Å². The summed E-state index contributed by atoms with van der Waals surface area (Å²) in [5, 5.41) is 9.57. The van der Waals surface area contributed by atoms with Gasteiger partial charge in [0.2, 0.25) is 0 Å². The molecule has 8 nitrogen and oxygen atoms in total. The number of carbonyl (C=O) groups is 3. The first-order valence-electron chi connectivity index (χ1n) is 20.2. The lowest BCUT2D eigenvalue weighted by molar-refractivity contribution is -0.887. The van der Waals surface area contributed by atoms with E-state index in [2.05, 4.69) is 56.4 Å². The van der Waals surface area contributed by atoms with Gasteiger partial charge >= 0.3 is 17.9 Å². The van der Waals surface area contributed by atoms with Gasteiger partial charge in [-0.25, -0.2) is 4.79 Å². The Morgan fingerprint density at radius 2 is 1.14 bits per heavy atom. The van der Waals surface area contributed by atoms with Crippen molar-refractivity contribution >= 4 is 17.9 Å². The Labute approximate surface area is 312 Å². The van der Waals surface area contributed by atoms with E-state index in [9.17, 15) is 19.5 Å². The number of aliphatic carboxylic acids is 1. The lowest BCUT2D eigenvalue weighted by atomic mass is 10.0. The lowest BCUT2D eigenvalue weighted by Crippen LogP contribution is -2.50. The zero-order valence-electron chi connectivity index (χ0n) is 33.3. The Morgan fingerprint density at radius 1 is 0.608 bits per heavy atom. The molecule has 0 aliphatic heterocycles. The van der Waals surface area contributed by atoms with Crippen LogP contribution in [0.5, 0.6) is 0 Å². The van der Waals surface area contributed by atoms with Gasteiger partial charge in [-0.15, -0.1) is 0 Å². The maximum absolute atomic E-state index is 12.7. The fraction of sp³-hybridized carbons (Fsp3) is 0.744. The van der Waals surface area contributed by atoms with Crippen LogP contribution in [0.15, 0.2) is 48.6 Å². The van der Waals surface area contributed by atoms with Gasteiger partial charge in [0.15, 0.2) is 12.1 Å². The minimum atomic E-state index is -0.882. The van der Waals surface area contributed by atoms with Crippen molar-refractivity contribution in [2.45, 2.75) is 167 Å². The molecule has 51 heavy (non-hydrogen) atoms. The summed E-state index contributed by atoms with van der Waals surface area (Å²) in [6, 6.07) is -0.618. The number of likely N-dealkylation sites (N-methyl/N-ethyl adjacent to an activating group) is 1. The molecule has 0 fully saturated rings. The Morgan fingerprint density at radius 3 is 1.73 bits per heavy atom. The Bertz CT molecular complexity index is 979. The summed E-state index contributed by atoms with van der Waals surface area (Å²) in [6.07, 6.45) is 39.0. The second-order valence-corrected chi connectivity index (χ2v) is 14.5. The topological polar surface area (TPSA) is 99.1 Å². The smallest absolute Gasteiger partial charge is 0.362 e. The van der Waals surface area contributed by atoms with Crippen molar-refractivity contribution in [3.8, 4) is 0 Å². The molecule has 2 atom stereocenters. The number of ether oxygens (including phenoxy) is 3. The first kappa shape index (κ1) is 48.3. The predicted octanol–water partition coefficient (Wildman–Crippen LogP) is 10.5. The number of rotatable bonds is 35. The van der Waals surface area contributed by atoms with Gasteiger partial charge in [-0.3, -0.25) is 9.59 Å². The fourth-order valence-electron chi connectivity index (χ4n) is 5.59. The van der Waals surface area contributed by atoms with E-state index < -0.39 is 18.1 Å². The van der Waals surface area contributed by atoms with Crippen molar-refractivity contribution in [1.29, 1.82) is 0 Å². The average Bonchev–Trinajstić information content (AvgIpc) is 3.08. The van der Waals surface area contributed by atoms with Crippen molar-refractivity contribution in [3.05, 3.63) is 48.6 Å². The van der Waals surface area contributed by atoms with E-state index >= 15 is 0 Å². The van der Waals surface area contributed by atoms with Gasteiger partial charge in [0.25, 0.3) is 0 Å². The number of hydrogen-bond donors (Lipinski definition) is 1. The summed E-state index contributed by atoms with van der Waals surface area (Å²) in [6.45, 7) is 4.50. The maximum Gasteiger partial charge on any atom is 0.362 e. The molecule has 0 aromatic carbocycles. The van der Waals surface area contributed by atoms with Crippen LogP contribution in [0.3, 0.4) is 0 Å². The summed E-state index contributed by atoms with van der Waals surface area (Å²) in [4.78, 5) is 36.7. The Kier molecular flexibility index (Phi) is 32.6. The molecule has 2 unspecified atom stereocenters. The average molecular weight is 719 g/mol. The van der Waals surface area contributed by atoms with Crippen LogP contribution in [0.4, 0.5) is 0 Å². The highest BCUT2D eigenvalue weighted by molar-refractivity contribution is 5.72. The van der Waals surface area contributed by atoms with Crippen LogP contribution in [0.25, 0.3) is 0 Å². The number of hydrogen-bond acceptors (Lipinski definition) is 6. The van der Waals surface area contributed by atoms with Crippen molar-refractivity contribution in [2.24, 2.45) is 0 Å². The molecule has 0 aliphatic carbocycles. The second-order valence-electron chi connectivity index (χ2n) is 14.5. The van der Waals surface area contributed by atoms with E-state index in [1.807, 2.05) is 27.2 Å². The fourth-order valence-corrected chi connectivity index (χ4v) is 5.59. The van der Waals surface area contributed by atoms with Crippen LogP contribution in [0.2, 0.25) is 0 Å². The van der Waals surface area contributed by atoms with Gasteiger partial charge in [-0.2, -0.15) is 0 Å². The first-order chi connectivity index (χ1) is 24.6. The minimum absolute atomic E-state index is 0.0472. The van der Waals surface area contributed by atoms with Crippen molar-refractivity contribution in [3.63, 3.8) is 0 Å². The third kappa shape index (κ3) is 32.9. The van der Waals surface area contributed by atoms with Crippen molar-refractivity contribution in [1.82, 2.24) is 0 Å². The molecule has 0 amide bonds. The van der Waals surface area contributed by atoms with Crippen molar-refractivity contribution < 1.29 is 38.2 Å². The highest BCUT2D eigenvalue weighted by Crippen LogP contribution is 2.14. The molecule has 0 saturated heterocycles. The van der Waals surface area contributed by atoms with E-state index in [-0.39, 0.29) is 42.7 Å². The molecule has 0 saturated carbocycles. The highest BCUT2D eigenvalue weighted by Gasteiger charge is 2.31. The highest BCUT2D eigenvalue weighted by atomic mass is 16.6. The van der Waals surface area contributed by atoms with E-state index in [0.29, 0.717) is 19.3 Å². The molecule has 0 radical (unpaired) electrons. The van der Waals surface area contributed by atoms with Gasteiger partial charge < -0.3 is 23.8 Å². The lowest BCUT2D eigenvalue weighted by Gasteiger charge is -2.31. The number of nitrogens with zero attached hydrogens (tertiary/aromatic N) is 1. The van der Waals surface area contributed by atoms with Gasteiger partial charge in [0.05, 0.1) is 34.4 Å². The summed E-state index contributed by atoms with van der Waals surface area (Å²) < 4.78 is 17.1. The van der Waals surface area contributed by atoms with Gasteiger partial charge in [-0.1, -0.05) is 127 Å². The quantitative estimate of drug-likeness (QED) is 0.0301. The van der Waals surface area contributed by atoms with E-state index in [4.69, 9.17) is 14.2 Å². The second kappa shape index (κ2) is 34.4. The van der Waals surface area contributed by atoms with Crippen LogP contribution in [0.1, 0.15) is 155 Å². The largest absolute Gasteiger partial charge is 0.477 e. The Hall–Kier alpha value is -2.71. The molecule has 0 spiro atoms. The predicted molar refractivity (Wildman–Crippen MR) is 211 cm³/mol. The summed E-state index contributed by atoms with van der Waals surface area (Å²) in [7, 11) is 5.50. The number of quaternary nitrogens is 1.